The molecule has 0 unspecified atom stereocenters. The molecule has 1 aromatic heterocycles. The van der Waals surface area contributed by atoms with Crippen LogP contribution < -0.4 is 4.57 Å². The number of fused-ring (bicyclic) bond motifs is 1. The van der Waals surface area contributed by atoms with Crippen LogP contribution in [0.4, 0.5) is 0 Å². The monoisotopic (exact) mass is 361 g/mol. The lowest BCUT2D eigenvalue weighted by Gasteiger charge is -2.04. The molecular formula is C23H22ClN2+. The van der Waals surface area contributed by atoms with Gasteiger partial charge in [0.05, 0.1) is 0 Å². The van der Waals surface area contributed by atoms with E-state index in [-0.39, 0.29) is 0 Å². The summed E-state index contributed by atoms with van der Waals surface area (Å²) in [5.41, 5.74) is 9.29. The number of nitrogens with zero attached hydrogens (tertiary/aromatic N) is 2. The number of hydrogen-bond acceptors (Lipinski definition) is 0. The molecule has 0 saturated heterocycles. The predicted molar refractivity (Wildman–Crippen MR) is 109 cm³/mol. The van der Waals surface area contributed by atoms with Gasteiger partial charge in [0.25, 0.3) is 0 Å². The maximum absolute atomic E-state index is 6.96. The van der Waals surface area contributed by atoms with E-state index in [2.05, 4.69) is 97.5 Å². The Hall–Kier alpha value is -2.58. The molecule has 130 valence electrons. The normalized spacial score (nSPS) is 11.3. The first-order valence-electron chi connectivity index (χ1n) is 8.82. The summed E-state index contributed by atoms with van der Waals surface area (Å²) in [6.07, 6.45) is 0. The highest BCUT2D eigenvalue weighted by Gasteiger charge is 2.26. The first-order valence-corrected chi connectivity index (χ1v) is 9.20. The van der Waals surface area contributed by atoms with Gasteiger partial charge >= 0.3 is 5.28 Å². The van der Waals surface area contributed by atoms with E-state index in [1.54, 1.807) is 0 Å². The molecule has 4 rings (SSSR count). The molecule has 0 saturated carbocycles. The molecule has 0 amide bonds. The summed E-state index contributed by atoms with van der Waals surface area (Å²) >= 11 is 6.96. The molecule has 0 aliphatic heterocycles. The van der Waals surface area contributed by atoms with Crippen molar-refractivity contribution in [1.82, 2.24) is 4.57 Å². The molecule has 0 N–H and O–H groups in total. The molecule has 4 aromatic rings. The Morgan fingerprint density at radius 2 is 1.27 bits per heavy atom. The summed E-state index contributed by atoms with van der Waals surface area (Å²) in [5, 5.41) is 0.682. The summed E-state index contributed by atoms with van der Waals surface area (Å²) in [7, 11) is 0. The smallest absolute Gasteiger partial charge is 0.178 e. The molecule has 0 aliphatic rings. The van der Waals surface area contributed by atoms with Crippen LogP contribution in [0.2, 0.25) is 5.28 Å². The quantitative estimate of drug-likeness (QED) is 0.399. The van der Waals surface area contributed by atoms with E-state index >= 15 is 0 Å². The highest BCUT2D eigenvalue weighted by Crippen LogP contribution is 2.26. The zero-order chi connectivity index (χ0) is 18.4. The van der Waals surface area contributed by atoms with Crippen molar-refractivity contribution in [3.05, 3.63) is 88.2 Å². The Labute approximate surface area is 159 Å². The van der Waals surface area contributed by atoms with Gasteiger partial charge in [-0.05, 0) is 86.3 Å². The number of benzene rings is 3. The number of para-hydroxylation sites is 2. The Balaban J connectivity index is 2.09. The minimum atomic E-state index is 0.682. The average Bonchev–Trinajstić information content (AvgIpc) is 2.84. The summed E-state index contributed by atoms with van der Waals surface area (Å²) in [4.78, 5) is 0. The third-order valence-electron chi connectivity index (χ3n) is 4.66. The fraction of sp³-hybridized carbons (Fsp3) is 0.174. The number of halogens is 1. The van der Waals surface area contributed by atoms with Crippen LogP contribution in [0.5, 0.6) is 0 Å². The molecule has 3 aromatic carbocycles. The number of hydrogen-bond donors (Lipinski definition) is 0. The van der Waals surface area contributed by atoms with Gasteiger partial charge in [-0.1, -0.05) is 24.3 Å². The van der Waals surface area contributed by atoms with E-state index in [4.69, 9.17) is 11.6 Å². The van der Waals surface area contributed by atoms with E-state index in [0.717, 1.165) is 22.4 Å². The zero-order valence-electron chi connectivity index (χ0n) is 15.5. The van der Waals surface area contributed by atoms with Gasteiger partial charge in [-0.15, -0.1) is 0 Å². The maximum atomic E-state index is 6.96. The number of rotatable bonds is 2. The van der Waals surface area contributed by atoms with E-state index in [9.17, 15) is 0 Å². The van der Waals surface area contributed by atoms with Crippen molar-refractivity contribution in [2.75, 3.05) is 0 Å². The number of aryl methyl sites for hydroxylation is 4. The van der Waals surface area contributed by atoms with Crippen LogP contribution in [-0.2, 0) is 0 Å². The standard InChI is InChI=1S/C23H22ClN2/c1-15-9-16(2)12-19(11-15)25-21-7-5-6-8-22(21)26(23(25)24)20-13-17(3)10-18(4)14-20/h5-14H,1-4H3/q+1. The summed E-state index contributed by atoms with van der Waals surface area (Å²) in [6, 6.07) is 21.4. The lowest BCUT2D eigenvalue weighted by Crippen LogP contribution is -2.31. The van der Waals surface area contributed by atoms with Gasteiger partial charge in [-0.3, -0.25) is 0 Å². The Morgan fingerprint density at radius 3 is 1.88 bits per heavy atom. The van der Waals surface area contributed by atoms with E-state index in [1.807, 2.05) is 0 Å². The minimum absolute atomic E-state index is 0.682. The third-order valence-corrected chi connectivity index (χ3v) is 5.00. The van der Waals surface area contributed by atoms with Crippen molar-refractivity contribution in [3.63, 3.8) is 0 Å². The van der Waals surface area contributed by atoms with Crippen molar-refractivity contribution in [2.45, 2.75) is 27.7 Å². The lowest BCUT2D eigenvalue weighted by atomic mass is 10.1. The molecule has 3 heteroatoms. The van der Waals surface area contributed by atoms with Crippen LogP contribution in [0.1, 0.15) is 22.3 Å². The topological polar surface area (TPSA) is 8.81 Å². The van der Waals surface area contributed by atoms with Gasteiger partial charge in [0.2, 0.25) is 0 Å². The highest BCUT2D eigenvalue weighted by molar-refractivity contribution is 6.28. The maximum Gasteiger partial charge on any atom is 0.366 e. The molecule has 0 bridgehead atoms. The molecule has 26 heavy (non-hydrogen) atoms. The molecule has 2 nitrogen and oxygen atoms in total. The lowest BCUT2D eigenvalue weighted by molar-refractivity contribution is -0.565. The van der Waals surface area contributed by atoms with Crippen LogP contribution in [0, 0.1) is 27.7 Å². The predicted octanol–water partition coefficient (Wildman–Crippen LogP) is 5.79. The molecule has 0 fully saturated rings. The second-order valence-corrected chi connectivity index (χ2v) is 7.46. The van der Waals surface area contributed by atoms with Crippen molar-refractivity contribution in [2.24, 2.45) is 0 Å². The fourth-order valence-corrected chi connectivity index (χ4v) is 4.17. The second-order valence-electron chi connectivity index (χ2n) is 7.12. The first kappa shape index (κ1) is 16.9. The third kappa shape index (κ3) is 2.81. The van der Waals surface area contributed by atoms with Crippen LogP contribution >= 0.6 is 11.6 Å². The van der Waals surface area contributed by atoms with Gasteiger partial charge < -0.3 is 0 Å². The Kier molecular flexibility index (Phi) is 4.08. The van der Waals surface area contributed by atoms with Crippen molar-refractivity contribution < 1.29 is 4.57 Å². The summed E-state index contributed by atoms with van der Waals surface area (Å²) in [5.74, 6) is 0. The number of aromatic nitrogens is 2. The number of imidazole rings is 1. The van der Waals surface area contributed by atoms with E-state index in [1.165, 1.54) is 22.3 Å². The molecule has 0 spiro atoms. The fourth-order valence-electron chi connectivity index (χ4n) is 3.79. The summed E-state index contributed by atoms with van der Waals surface area (Å²) in [6.45, 7) is 8.48. The summed E-state index contributed by atoms with van der Waals surface area (Å²) < 4.78 is 4.27. The minimum Gasteiger partial charge on any atom is -0.178 e. The molecule has 0 aliphatic carbocycles. The largest absolute Gasteiger partial charge is 0.366 e. The zero-order valence-corrected chi connectivity index (χ0v) is 16.3. The van der Waals surface area contributed by atoms with Crippen LogP contribution in [0.15, 0.2) is 60.7 Å². The van der Waals surface area contributed by atoms with E-state index < -0.39 is 0 Å². The molecular weight excluding hydrogens is 340 g/mol. The van der Waals surface area contributed by atoms with Gasteiger partial charge in [-0.25, -0.2) is 0 Å². The molecule has 0 atom stereocenters. The Bertz CT molecular complexity index is 1010. The van der Waals surface area contributed by atoms with Gasteiger partial charge in [0, 0.05) is 11.6 Å². The average molecular weight is 362 g/mol. The van der Waals surface area contributed by atoms with Crippen LogP contribution in [0.3, 0.4) is 0 Å². The van der Waals surface area contributed by atoms with Crippen molar-refractivity contribution in [1.29, 1.82) is 0 Å². The highest BCUT2D eigenvalue weighted by atomic mass is 35.5. The Morgan fingerprint density at radius 1 is 0.731 bits per heavy atom. The molecule has 0 radical (unpaired) electrons. The van der Waals surface area contributed by atoms with Gasteiger partial charge in [0.15, 0.2) is 11.0 Å². The van der Waals surface area contributed by atoms with Crippen LogP contribution in [-0.4, -0.2) is 4.57 Å². The van der Waals surface area contributed by atoms with Gasteiger partial charge in [0.1, 0.15) is 11.4 Å². The van der Waals surface area contributed by atoms with E-state index in [0.29, 0.717) is 5.28 Å². The molecule has 1 heterocycles. The van der Waals surface area contributed by atoms with Crippen LogP contribution in [0.25, 0.3) is 22.4 Å². The first-order chi connectivity index (χ1) is 12.4. The SMILES string of the molecule is Cc1cc(C)cc(-n2c(Cl)[n+](-c3cc(C)cc(C)c3)c3ccccc32)c1. The second kappa shape index (κ2) is 6.30. The van der Waals surface area contributed by atoms with Crippen molar-refractivity contribution >= 4 is 22.6 Å². The van der Waals surface area contributed by atoms with Crippen molar-refractivity contribution in [3.8, 4) is 11.4 Å². The van der Waals surface area contributed by atoms with Gasteiger partial charge in [-0.2, -0.15) is 9.13 Å².